The first kappa shape index (κ1) is 12.1. The van der Waals surface area contributed by atoms with Crippen molar-refractivity contribution < 1.29 is 5.11 Å². The molecular weight excluding hydrogens is 400 g/mol. The third-order valence-electron chi connectivity index (χ3n) is 2.20. The van der Waals surface area contributed by atoms with Crippen LogP contribution in [0.4, 0.5) is 0 Å². The fourth-order valence-electron chi connectivity index (χ4n) is 1.43. The SMILES string of the molecule is Oc1c(-c2cccc(Br)c2)ccc(Br)c1Br. The standard InChI is InChI=1S/C12H7Br3O/c13-8-3-1-2-7(6-8)9-4-5-10(14)11(15)12(9)16/h1-6,16H. The second kappa shape index (κ2) is 4.90. The maximum Gasteiger partial charge on any atom is 0.138 e. The van der Waals surface area contributed by atoms with Crippen molar-refractivity contribution in [3.63, 3.8) is 0 Å². The van der Waals surface area contributed by atoms with Crippen molar-refractivity contribution in [2.75, 3.05) is 0 Å². The van der Waals surface area contributed by atoms with E-state index in [1.165, 1.54) is 0 Å². The zero-order valence-electron chi connectivity index (χ0n) is 8.05. The summed E-state index contributed by atoms with van der Waals surface area (Å²) in [5.74, 6) is 0.243. The normalized spacial score (nSPS) is 10.4. The average molecular weight is 407 g/mol. The van der Waals surface area contributed by atoms with Gasteiger partial charge in [-0.1, -0.05) is 28.1 Å². The van der Waals surface area contributed by atoms with Crippen LogP contribution < -0.4 is 0 Å². The molecular formula is C12H7Br3O. The number of rotatable bonds is 1. The highest BCUT2D eigenvalue weighted by Crippen LogP contribution is 2.40. The minimum atomic E-state index is 0.243. The van der Waals surface area contributed by atoms with Crippen molar-refractivity contribution in [2.45, 2.75) is 0 Å². The van der Waals surface area contributed by atoms with E-state index in [4.69, 9.17) is 0 Å². The summed E-state index contributed by atoms with van der Waals surface area (Å²) in [4.78, 5) is 0. The quantitative estimate of drug-likeness (QED) is 0.677. The number of aromatic hydroxyl groups is 1. The van der Waals surface area contributed by atoms with E-state index in [2.05, 4.69) is 47.8 Å². The number of hydrogen-bond acceptors (Lipinski definition) is 1. The number of halogens is 3. The summed E-state index contributed by atoms with van der Waals surface area (Å²) in [5, 5.41) is 10.0. The molecule has 0 fully saturated rings. The Morgan fingerprint density at radius 2 is 1.69 bits per heavy atom. The monoisotopic (exact) mass is 404 g/mol. The molecule has 4 heteroatoms. The maximum absolute atomic E-state index is 10.0. The van der Waals surface area contributed by atoms with E-state index in [1.54, 1.807) is 0 Å². The lowest BCUT2D eigenvalue weighted by Gasteiger charge is -2.08. The minimum absolute atomic E-state index is 0.243. The zero-order valence-corrected chi connectivity index (χ0v) is 12.8. The number of benzene rings is 2. The lowest BCUT2D eigenvalue weighted by atomic mass is 10.1. The van der Waals surface area contributed by atoms with E-state index in [-0.39, 0.29) is 5.75 Å². The maximum atomic E-state index is 10.0. The molecule has 16 heavy (non-hydrogen) atoms. The lowest BCUT2D eigenvalue weighted by molar-refractivity contribution is 0.473. The van der Waals surface area contributed by atoms with Gasteiger partial charge in [-0.25, -0.2) is 0 Å². The summed E-state index contributed by atoms with van der Waals surface area (Å²) in [7, 11) is 0. The molecule has 82 valence electrons. The van der Waals surface area contributed by atoms with Crippen LogP contribution in [-0.2, 0) is 0 Å². The van der Waals surface area contributed by atoms with Crippen molar-refractivity contribution >= 4 is 47.8 Å². The summed E-state index contributed by atoms with van der Waals surface area (Å²) in [6.07, 6.45) is 0. The van der Waals surface area contributed by atoms with Crippen LogP contribution in [0.5, 0.6) is 5.75 Å². The lowest BCUT2D eigenvalue weighted by Crippen LogP contribution is -1.81. The van der Waals surface area contributed by atoms with Gasteiger partial charge in [0, 0.05) is 14.5 Å². The third kappa shape index (κ3) is 2.34. The van der Waals surface area contributed by atoms with Crippen LogP contribution in [0, 0.1) is 0 Å². The topological polar surface area (TPSA) is 20.2 Å². The molecule has 0 aliphatic carbocycles. The Morgan fingerprint density at radius 3 is 2.38 bits per heavy atom. The summed E-state index contributed by atoms with van der Waals surface area (Å²) >= 11 is 10.1. The highest BCUT2D eigenvalue weighted by molar-refractivity contribution is 9.13. The van der Waals surface area contributed by atoms with E-state index >= 15 is 0 Å². The first-order valence-electron chi connectivity index (χ1n) is 4.52. The van der Waals surface area contributed by atoms with E-state index in [9.17, 15) is 5.11 Å². The van der Waals surface area contributed by atoms with Crippen molar-refractivity contribution in [1.29, 1.82) is 0 Å². The van der Waals surface area contributed by atoms with Gasteiger partial charge in [-0.05, 0) is 61.7 Å². The molecule has 0 amide bonds. The van der Waals surface area contributed by atoms with Crippen LogP contribution in [0.2, 0.25) is 0 Å². The van der Waals surface area contributed by atoms with E-state index in [1.807, 2.05) is 36.4 Å². The predicted octanol–water partition coefficient (Wildman–Crippen LogP) is 5.35. The van der Waals surface area contributed by atoms with Crippen LogP contribution in [0.15, 0.2) is 49.8 Å². The molecule has 0 heterocycles. The Morgan fingerprint density at radius 1 is 0.938 bits per heavy atom. The number of phenols is 1. The van der Waals surface area contributed by atoms with Gasteiger partial charge in [0.25, 0.3) is 0 Å². The summed E-state index contributed by atoms with van der Waals surface area (Å²) in [6.45, 7) is 0. The first-order valence-corrected chi connectivity index (χ1v) is 6.90. The van der Waals surface area contributed by atoms with Gasteiger partial charge in [-0.2, -0.15) is 0 Å². The molecule has 2 aromatic carbocycles. The molecule has 0 unspecified atom stereocenters. The smallest absolute Gasteiger partial charge is 0.138 e. The summed E-state index contributed by atoms with van der Waals surface area (Å²) in [5.41, 5.74) is 1.77. The van der Waals surface area contributed by atoms with Crippen LogP contribution in [0.3, 0.4) is 0 Å². The molecule has 0 aliphatic rings. The molecule has 0 bridgehead atoms. The fraction of sp³-hybridized carbons (Fsp3) is 0. The highest BCUT2D eigenvalue weighted by atomic mass is 79.9. The Bertz CT molecular complexity index is 538. The van der Waals surface area contributed by atoms with Crippen molar-refractivity contribution in [2.24, 2.45) is 0 Å². The molecule has 2 rings (SSSR count). The van der Waals surface area contributed by atoms with E-state index < -0.39 is 0 Å². The Balaban J connectivity index is 2.61. The van der Waals surface area contributed by atoms with Crippen molar-refractivity contribution in [1.82, 2.24) is 0 Å². The van der Waals surface area contributed by atoms with Gasteiger partial charge in [0.15, 0.2) is 0 Å². The van der Waals surface area contributed by atoms with Gasteiger partial charge in [-0.15, -0.1) is 0 Å². The molecule has 2 aromatic rings. The molecule has 0 atom stereocenters. The second-order valence-electron chi connectivity index (χ2n) is 3.27. The van der Waals surface area contributed by atoms with Gasteiger partial charge in [0.1, 0.15) is 5.75 Å². The van der Waals surface area contributed by atoms with E-state index in [0.29, 0.717) is 4.47 Å². The molecule has 0 radical (unpaired) electrons. The van der Waals surface area contributed by atoms with Gasteiger partial charge in [-0.3, -0.25) is 0 Å². The van der Waals surface area contributed by atoms with Gasteiger partial charge in [0.2, 0.25) is 0 Å². The second-order valence-corrected chi connectivity index (χ2v) is 5.83. The Kier molecular flexibility index (Phi) is 3.72. The van der Waals surface area contributed by atoms with Gasteiger partial charge in [0.05, 0.1) is 4.47 Å². The molecule has 0 saturated heterocycles. The molecule has 0 aromatic heterocycles. The van der Waals surface area contributed by atoms with Gasteiger partial charge >= 0.3 is 0 Å². The highest BCUT2D eigenvalue weighted by Gasteiger charge is 2.10. The molecule has 1 N–H and O–H groups in total. The predicted molar refractivity (Wildman–Crippen MR) is 76.6 cm³/mol. The summed E-state index contributed by atoms with van der Waals surface area (Å²) < 4.78 is 2.50. The van der Waals surface area contributed by atoms with Crippen LogP contribution in [0.25, 0.3) is 11.1 Å². The van der Waals surface area contributed by atoms with Crippen molar-refractivity contribution in [3.05, 3.63) is 49.8 Å². The fourth-order valence-corrected chi connectivity index (χ4v) is 2.49. The van der Waals surface area contributed by atoms with E-state index in [0.717, 1.165) is 20.1 Å². The van der Waals surface area contributed by atoms with Crippen LogP contribution in [0.1, 0.15) is 0 Å². The Hall–Kier alpha value is -0.320. The minimum Gasteiger partial charge on any atom is -0.506 e. The molecule has 0 saturated carbocycles. The number of hydrogen-bond donors (Lipinski definition) is 1. The molecule has 1 nitrogen and oxygen atoms in total. The number of phenolic OH excluding ortho intramolecular Hbond substituents is 1. The third-order valence-corrected chi connectivity index (χ3v) is 4.69. The molecule has 0 spiro atoms. The van der Waals surface area contributed by atoms with Crippen LogP contribution in [-0.4, -0.2) is 5.11 Å². The van der Waals surface area contributed by atoms with Gasteiger partial charge < -0.3 is 5.11 Å². The zero-order chi connectivity index (χ0) is 11.7. The molecule has 0 aliphatic heterocycles. The van der Waals surface area contributed by atoms with Crippen molar-refractivity contribution in [3.8, 4) is 16.9 Å². The first-order chi connectivity index (χ1) is 7.59. The summed E-state index contributed by atoms with van der Waals surface area (Å²) in [6, 6.07) is 11.6. The average Bonchev–Trinajstić information content (AvgIpc) is 2.26. The largest absolute Gasteiger partial charge is 0.506 e. The Labute approximate surface area is 119 Å². The van der Waals surface area contributed by atoms with Crippen LogP contribution >= 0.6 is 47.8 Å².